The molecule has 258 valence electrons. The molecule has 1 amide bonds. The zero-order valence-electron chi connectivity index (χ0n) is 28.7. The second-order valence-corrected chi connectivity index (χ2v) is 13.1. The molecule has 0 bridgehead atoms. The Morgan fingerprint density at radius 3 is 2.34 bits per heavy atom. The molecule has 0 aliphatic rings. The normalized spacial score (nSPS) is 11.1. The molecule has 0 spiro atoms. The van der Waals surface area contributed by atoms with E-state index < -0.39 is 22.9 Å². The Labute approximate surface area is 294 Å². The molecule has 0 saturated carbocycles. The van der Waals surface area contributed by atoms with Gasteiger partial charge in [-0.1, -0.05) is 35.9 Å². The second kappa shape index (κ2) is 15.4. The van der Waals surface area contributed by atoms with E-state index in [0.717, 1.165) is 6.07 Å². The van der Waals surface area contributed by atoms with Gasteiger partial charge in [0.25, 0.3) is 11.5 Å². The number of anilines is 1. The molecule has 4 aromatic carbocycles. The number of nitrogens with one attached hydrogen (secondary N) is 1. The fourth-order valence-electron chi connectivity index (χ4n) is 5.02. The SMILES string of the molecule is CSc1ccc(C)cc1.Cc1c(C(=O)Nc2ccc(Oc3ccnc4cc(OCC(C)(C)O)ccc34)c(F)c2)c(=O)n(-c2ccccc2)n1C. The number of amides is 1. The number of aryl methyl sites for hydroxylation is 1. The van der Waals surface area contributed by atoms with E-state index in [9.17, 15) is 14.7 Å². The van der Waals surface area contributed by atoms with Crippen LogP contribution >= 0.6 is 11.8 Å². The zero-order valence-corrected chi connectivity index (χ0v) is 29.5. The van der Waals surface area contributed by atoms with E-state index in [1.807, 2.05) is 6.07 Å². The first-order valence-electron chi connectivity index (χ1n) is 15.8. The summed E-state index contributed by atoms with van der Waals surface area (Å²) in [6, 6.07) is 28.3. The third kappa shape index (κ3) is 8.60. The first-order valence-corrected chi connectivity index (χ1v) is 17.0. The lowest BCUT2D eigenvalue weighted by atomic mass is 10.1. The molecule has 0 aliphatic heterocycles. The summed E-state index contributed by atoms with van der Waals surface area (Å²) in [6.07, 6.45) is 3.62. The van der Waals surface area contributed by atoms with Gasteiger partial charge in [0.1, 0.15) is 23.7 Å². The average molecular weight is 695 g/mol. The van der Waals surface area contributed by atoms with Crippen LogP contribution < -0.4 is 20.3 Å². The predicted octanol–water partition coefficient (Wildman–Crippen LogP) is 8.08. The number of hydrogen-bond acceptors (Lipinski definition) is 7. The number of hydrogen-bond donors (Lipinski definition) is 2. The van der Waals surface area contributed by atoms with Crippen LogP contribution in [0.5, 0.6) is 17.2 Å². The molecule has 6 rings (SSSR count). The molecular formula is C39H39FN4O5S. The number of nitrogens with zero attached hydrogens (tertiary/aromatic N) is 3. The van der Waals surface area contributed by atoms with Crippen molar-refractivity contribution in [3.63, 3.8) is 0 Å². The molecule has 50 heavy (non-hydrogen) atoms. The summed E-state index contributed by atoms with van der Waals surface area (Å²) in [5, 5.41) is 13.1. The number of para-hydroxylation sites is 1. The number of fused-ring (bicyclic) bond motifs is 1. The van der Waals surface area contributed by atoms with Crippen molar-refractivity contribution in [2.24, 2.45) is 7.05 Å². The molecular weight excluding hydrogens is 656 g/mol. The van der Waals surface area contributed by atoms with Crippen molar-refractivity contribution < 1.29 is 23.8 Å². The Kier molecular flexibility index (Phi) is 11.1. The number of halogens is 1. The minimum absolute atomic E-state index is 0.0359. The summed E-state index contributed by atoms with van der Waals surface area (Å²) < 4.78 is 29.6. The number of pyridine rings is 1. The molecule has 0 aliphatic carbocycles. The second-order valence-electron chi connectivity index (χ2n) is 12.2. The maximum Gasteiger partial charge on any atom is 0.284 e. The minimum atomic E-state index is -0.988. The predicted molar refractivity (Wildman–Crippen MR) is 197 cm³/mol. The lowest BCUT2D eigenvalue weighted by Gasteiger charge is -2.18. The lowest BCUT2D eigenvalue weighted by molar-refractivity contribution is 0.0285. The number of aromatic nitrogens is 3. The van der Waals surface area contributed by atoms with E-state index in [4.69, 9.17) is 9.47 Å². The smallest absolute Gasteiger partial charge is 0.284 e. The van der Waals surface area contributed by atoms with E-state index in [1.54, 1.807) is 92.8 Å². The third-order valence-electron chi connectivity index (χ3n) is 7.71. The van der Waals surface area contributed by atoms with Gasteiger partial charge in [-0.15, -0.1) is 11.8 Å². The van der Waals surface area contributed by atoms with Crippen LogP contribution in [0.2, 0.25) is 0 Å². The highest BCUT2D eigenvalue weighted by Gasteiger charge is 2.23. The number of thioether (sulfide) groups is 1. The molecule has 2 heterocycles. The molecule has 0 unspecified atom stereocenters. The fraction of sp³-hybridized carbons (Fsp3) is 0.205. The molecule has 2 N–H and O–H groups in total. The quantitative estimate of drug-likeness (QED) is 0.147. The highest BCUT2D eigenvalue weighted by molar-refractivity contribution is 7.98. The van der Waals surface area contributed by atoms with Gasteiger partial charge in [-0.2, -0.15) is 0 Å². The van der Waals surface area contributed by atoms with E-state index in [-0.39, 0.29) is 23.6 Å². The Morgan fingerprint density at radius 1 is 0.960 bits per heavy atom. The Bertz CT molecular complexity index is 2170. The third-order valence-corrected chi connectivity index (χ3v) is 8.46. The average Bonchev–Trinajstić information content (AvgIpc) is 3.32. The van der Waals surface area contributed by atoms with Gasteiger partial charge in [0.15, 0.2) is 11.6 Å². The molecule has 0 atom stereocenters. The van der Waals surface area contributed by atoms with Gasteiger partial charge >= 0.3 is 0 Å². The van der Waals surface area contributed by atoms with Crippen molar-refractivity contribution in [3.8, 4) is 22.9 Å². The molecule has 9 nitrogen and oxygen atoms in total. The summed E-state index contributed by atoms with van der Waals surface area (Å²) in [5.41, 5.74) is 1.65. The van der Waals surface area contributed by atoms with Crippen molar-refractivity contribution in [2.45, 2.75) is 38.2 Å². The number of ether oxygens (including phenoxy) is 2. The van der Waals surface area contributed by atoms with Crippen LogP contribution in [0, 0.1) is 19.7 Å². The highest BCUT2D eigenvalue weighted by Crippen LogP contribution is 2.33. The maximum absolute atomic E-state index is 15.1. The minimum Gasteiger partial charge on any atom is -0.491 e. The van der Waals surface area contributed by atoms with Crippen molar-refractivity contribution in [3.05, 3.63) is 136 Å². The Balaban J connectivity index is 0.000000470. The van der Waals surface area contributed by atoms with Crippen LogP contribution in [0.1, 0.15) is 35.5 Å². The van der Waals surface area contributed by atoms with Gasteiger partial charge in [0.05, 0.1) is 22.5 Å². The highest BCUT2D eigenvalue weighted by atomic mass is 32.2. The summed E-state index contributed by atoms with van der Waals surface area (Å²) >= 11 is 1.78. The van der Waals surface area contributed by atoms with Crippen molar-refractivity contribution in [1.82, 2.24) is 14.3 Å². The largest absolute Gasteiger partial charge is 0.491 e. The number of aliphatic hydroxyl groups is 1. The molecule has 0 saturated heterocycles. The van der Waals surface area contributed by atoms with Gasteiger partial charge < -0.3 is 19.9 Å². The lowest BCUT2D eigenvalue weighted by Crippen LogP contribution is -2.27. The topological polar surface area (TPSA) is 108 Å². The Morgan fingerprint density at radius 2 is 1.68 bits per heavy atom. The summed E-state index contributed by atoms with van der Waals surface area (Å²) in [5.74, 6) is -0.501. The van der Waals surface area contributed by atoms with Crippen LogP contribution in [-0.4, -0.2) is 43.8 Å². The van der Waals surface area contributed by atoms with Crippen molar-refractivity contribution in [2.75, 3.05) is 18.2 Å². The van der Waals surface area contributed by atoms with Crippen molar-refractivity contribution >= 4 is 34.3 Å². The van der Waals surface area contributed by atoms with Gasteiger partial charge in [0.2, 0.25) is 0 Å². The van der Waals surface area contributed by atoms with Crippen LogP contribution in [0.4, 0.5) is 10.1 Å². The maximum atomic E-state index is 15.1. The molecule has 0 fully saturated rings. The van der Waals surface area contributed by atoms with Crippen LogP contribution in [0.3, 0.4) is 0 Å². The molecule has 11 heteroatoms. The number of benzene rings is 4. The fourth-order valence-corrected chi connectivity index (χ4v) is 5.43. The molecule has 2 aromatic heterocycles. The number of rotatable bonds is 9. The summed E-state index contributed by atoms with van der Waals surface area (Å²) in [6.45, 7) is 7.18. The van der Waals surface area contributed by atoms with Gasteiger partial charge in [-0.25, -0.2) is 9.07 Å². The molecule has 0 radical (unpaired) electrons. The molecule has 6 aromatic rings. The first kappa shape index (κ1) is 35.9. The van der Waals surface area contributed by atoms with Crippen LogP contribution in [0.15, 0.2) is 113 Å². The van der Waals surface area contributed by atoms with Crippen molar-refractivity contribution in [1.29, 1.82) is 0 Å². The van der Waals surface area contributed by atoms with Crippen LogP contribution in [-0.2, 0) is 7.05 Å². The van der Waals surface area contributed by atoms with Gasteiger partial charge in [-0.3, -0.25) is 19.3 Å². The van der Waals surface area contributed by atoms with E-state index in [2.05, 4.69) is 47.7 Å². The monoisotopic (exact) mass is 694 g/mol. The summed E-state index contributed by atoms with van der Waals surface area (Å²) in [4.78, 5) is 31.9. The first-order chi connectivity index (χ1) is 23.8. The zero-order chi connectivity index (χ0) is 36.0. The Hall–Kier alpha value is -5.39. The number of carbonyl (C=O) groups excluding carboxylic acids is 1. The number of carbonyl (C=O) groups is 1. The van der Waals surface area contributed by atoms with Crippen LogP contribution in [0.25, 0.3) is 16.6 Å². The van der Waals surface area contributed by atoms with E-state index in [0.29, 0.717) is 33.8 Å². The summed E-state index contributed by atoms with van der Waals surface area (Å²) in [7, 11) is 1.69. The van der Waals surface area contributed by atoms with Gasteiger partial charge in [-0.05, 0) is 88.5 Å². The standard InChI is InChI=1S/C31H29FN4O5.C8H10S/c1-19-28(30(38)36(35(19)4)21-8-6-5-7-9-21)29(37)34-20-10-13-27(24(32)16-20)41-26-14-15-33-25-17-22(11-12-23(25)26)40-18-31(2,3)39;1-7-3-5-8(9-2)6-4-7/h5-17,39H,18H2,1-4H3,(H,34,37);3-6H,1-2H3. The van der Waals surface area contributed by atoms with E-state index in [1.165, 1.54) is 33.5 Å². The van der Waals surface area contributed by atoms with Gasteiger partial charge in [0, 0.05) is 41.3 Å². The van der Waals surface area contributed by atoms with E-state index >= 15 is 4.39 Å².